The van der Waals surface area contributed by atoms with E-state index in [1.165, 1.54) is 0 Å². The molecule has 0 aliphatic heterocycles. The molecule has 0 amide bonds. The van der Waals surface area contributed by atoms with Crippen LogP contribution in [0.1, 0.15) is 20.8 Å². The van der Waals surface area contributed by atoms with Crippen molar-refractivity contribution in [1.82, 2.24) is 9.97 Å². The predicted molar refractivity (Wildman–Crippen MR) is 45.4 cm³/mol. The van der Waals surface area contributed by atoms with Crippen molar-refractivity contribution in [2.45, 2.75) is 26.3 Å². The van der Waals surface area contributed by atoms with Gasteiger partial charge < -0.3 is 5.32 Å². The van der Waals surface area contributed by atoms with Gasteiger partial charge in [0, 0.05) is 17.9 Å². The normalized spacial score (nSPS) is 11.2. The number of rotatable bonds is 1. The highest BCUT2D eigenvalue weighted by atomic mass is 15.1. The average molecular weight is 151 g/mol. The summed E-state index contributed by atoms with van der Waals surface area (Å²) in [5.41, 5.74) is 0.0291. The molecule has 1 rings (SSSR count). The molecule has 0 radical (unpaired) electrons. The van der Waals surface area contributed by atoms with Crippen LogP contribution in [-0.4, -0.2) is 15.5 Å². The van der Waals surface area contributed by atoms with Crippen molar-refractivity contribution in [3.05, 3.63) is 18.5 Å². The van der Waals surface area contributed by atoms with Gasteiger partial charge in [-0.25, -0.2) is 9.97 Å². The third-order valence-corrected chi connectivity index (χ3v) is 1.05. The molecule has 0 saturated heterocycles. The van der Waals surface area contributed by atoms with Gasteiger partial charge in [-0.15, -0.1) is 0 Å². The summed E-state index contributed by atoms with van der Waals surface area (Å²) in [6, 6.07) is 1.80. The summed E-state index contributed by atoms with van der Waals surface area (Å²) in [4.78, 5) is 8.08. The fourth-order valence-electron chi connectivity index (χ4n) is 0.699. The molecule has 0 saturated carbocycles. The van der Waals surface area contributed by atoms with Gasteiger partial charge in [0.25, 0.3) is 0 Å². The molecular formula is C8H13N3. The zero-order chi connectivity index (χ0) is 8.32. The van der Waals surface area contributed by atoms with E-state index in [1.54, 1.807) is 18.5 Å². The molecule has 3 nitrogen and oxygen atoms in total. The predicted octanol–water partition coefficient (Wildman–Crippen LogP) is 1.69. The second kappa shape index (κ2) is 2.86. The van der Waals surface area contributed by atoms with Gasteiger partial charge in [0.15, 0.2) is 0 Å². The Morgan fingerprint density at radius 3 is 2.18 bits per heavy atom. The lowest BCUT2D eigenvalue weighted by Crippen LogP contribution is -2.27. The van der Waals surface area contributed by atoms with Crippen molar-refractivity contribution < 1.29 is 0 Å². The van der Waals surface area contributed by atoms with Gasteiger partial charge in [-0.05, 0) is 26.8 Å². The minimum Gasteiger partial charge on any atom is -0.350 e. The zero-order valence-corrected chi connectivity index (χ0v) is 7.13. The van der Waals surface area contributed by atoms with Gasteiger partial charge in [-0.2, -0.15) is 0 Å². The van der Waals surface area contributed by atoms with E-state index in [2.05, 4.69) is 36.1 Å². The van der Waals surface area contributed by atoms with E-state index in [9.17, 15) is 0 Å². The molecule has 11 heavy (non-hydrogen) atoms. The van der Waals surface area contributed by atoms with E-state index >= 15 is 0 Å². The van der Waals surface area contributed by atoms with E-state index in [1.807, 2.05) is 0 Å². The van der Waals surface area contributed by atoms with E-state index in [4.69, 9.17) is 0 Å². The minimum atomic E-state index is 0.0291. The first kappa shape index (κ1) is 7.98. The third kappa shape index (κ3) is 2.98. The van der Waals surface area contributed by atoms with E-state index in [-0.39, 0.29) is 5.54 Å². The standard InChI is InChI=1S/C8H13N3/c1-8(2,3)11-7-9-5-4-6-10-7/h4-6H,1-3H3,(H,9,10,11). The van der Waals surface area contributed by atoms with E-state index in [0.717, 1.165) is 0 Å². The topological polar surface area (TPSA) is 37.8 Å². The molecule has 0 unspecified atom stereocenters. The van der Waals surface area contributed by atoms with Gasteiger partial charge >= 0.3 is 0 Å². The quantitative estimate of drug-likeness (QED) is 0.663. The number of hydrogen-bond donors (Lipinski definition) is 1. The third-order valence-electron chi connectivity index (χ3n) is 1.05. The smallest absolute Gasteiger partial charge is 0.222 e. The summed E-state index contributed by atoms with van der Waals surface area (Å²) in [6.45, 7) is 6.22. The van der Waals surface area contributed by atoms with Gasteiger partial charge in [0.1, 0.15) is 0 Å². The zero-order valence-electron chi connectivity index (χ0n) is 7.13. The van der Waals surface area contributed by atoms with Crippen LogP contribution in [-0.2, 0) is 0 Å². The second-order valence-electron chi connectivity index (χ2n) is 3.45. The van der Waals surface area contributed by atoms with Gasteiger partial charge in [0.2, 0.25) is 5.95 Å². The molecule has 0 atom stereocenters. The summed E-state index contributed by atoms with van der Waals surface area (Å²) in [5.74, 6) is 0.681. The van der Waals surface area contributed by atoms with Crippen LogP contribution < -0.4 is 5.32 Å². The Morgan fingerprint density at radius 2 is 1.73 bits per heavy atom. The van der Waals surface area contributed by atoms with Crippen molar-refractivity contribution in [3.63, 3.8) is 0 Å². The van der Waals surface area contributed by atoms with Gasteiger partial charge in [0.05, 0.1) is 0 Å². The molecule has 60 valence electrons. The number of nitrogens with one attached hydrogen (secondary N) is 1. The Morgan fingerprint density at radius 1 is 1.18 bits per heavy atom. The Kier molecular flexibility index (Phi) is 2.08. The van der Waals surface area contributed by atoms with Gasteiger partial charge in [-0.3, -0.25) is 0 Å². The van der Waals surface area contributed by atoms with Crippen molar-refractivity contribution >= 4 is 5.95 Å². The van der Waals surface area contributed by atoms with Crippen molar-refractivity contribution in [2.75, 3.05) is 5.32 Å². The van der Waals surface area contributed by atoms with Crippen LogP contribution in [0.15, 0.2) is 18.5 Å². The number of nitrogens with zero attached hydrogens (tertiary/aromatic N) is 2. The maximum absolute atomic E-state index is 4.04. The molecule has 1 N–H and O–H groups in total. The first-order valence-electron chi connectivity index (χ1n) is 3.63. The Hall–Kier alpha value is -1.12. The first-order valence-corrected chi connectivity index (χ1v) is 3.63. The summed E-state index contributed by atoms with van der Waals surface area (Å²) in [6.07, 6.45) is 3.45. The molecule has 0 aliphatic rings. The minimum absolute atomic E-state index is 0.0291. The van der Waals surface area contributed by atoms with E-state index < -0.39 is 0 Å². The van der Waals surface area contributed by atoms with Crippen LogP contribution in [0.4, 0.5) is 5.95 Å². The molecule has 0 aliphatic carbocycles. The monoisotopic (exact) mass is 151 g/mol. The molecule has 0 spiro atoms. The molecule has 0 bridgehead atoms. The fraction of sp³-hybridized carbons (Fsp3) is 0.500. The number of anilines is 1. The highest BCUT2D eigenvalue weighted by molar-refractivity contribution is 5.25. The van der Waals surface area contributed by atoms with Crippen LogP contribution in [0, 0.1) is 0 Å². The van der Waals surface area contributed by atoms with Crippen LogP contribution in [0.3, 0.4) is 0 Å². The molecular weight excluding hydrogens is 138 g/mol. The van der Waals surface area contributed by atoms with Crippen molar-refractivity contribution in [3.8, 4) is 0 Å². The maximum atomic E-state index is 4.04. The Bertz CT molecular complexity index is 213. The summed E-state index contributed by atoms with van der Waals surface area (Å²) < 4.78 is 0. The summed E-state index contributed by atoms with van der Waals surface area (Å²) >= 11 is 0. The second-order valence-corrected chi connectivity index (χ2v) is 3.45. The number of aromatic nitrogens is 2. The molecule has 3 heteroatoms. The van der Waals surface area contributed by atoms with Crippen LogP contribution >= 0.6 is 0 Å². The highest BCUT2D eigenvalue weighted by Crippen LogP contribution is 2.07. The molecule has 1 aromatic rings. The first-order chi connectivity index (χ1) is 5.08. The van der Waals surface area contributed by atoms with Crippen LogP contribution in [0.5, 0.6) is 0 Å². The fourth-order valence-corrected chi connectivity index (χ4v) is 0.699. The lowest BCUT2D eigenvalue weighted by atomic mass is 10.1. The largest absolute Gasteiger partial charge is 0.350 e. The maximum Gasteiger partial charge on any atom is 0.222 e. The molecule has 0 fully saturated rings. The van der Waals surface area contributed by atoms with Crippen LogP contribution in [0.25, 0.3) is 0 Å². The van der Waals surface area contributed by atoms with E-state index in [0.29, 0.717) is 5.95 Å². The summed E-state index contributed by atoms with van der Waals surface area (Å²) in [5, 5.41) is 3.16. The van der Waals surface area contributed by atoms with Crippen molar-refractivity contribution in [2.24, 2.45) is 0 Å². The summed E-state index contributed by atoms with van der Waals surface area (Å²) in [7, 11) is 0. The van der Waals surface area contributed by atoms with Gasteiger partial charge in [-0.1, -0.05) is 0 Å². The highest BCUT2D eigenvalue weighted by Gasteiger charge is 2.09. The molecule has 1 heterocycles. The number of hydrogen-bond acceptors (Lipinski definition) is 3. The average Bonchev–Trinajstić information content (AvgIpc) is 1.85. The lowest BCUT2D eigenvalue weighted by molar-refractivity contribution is 0.626. The lowest BCUT2D eigenvalue weighted by Gasteiger charge is -2.19. The SMILES string of the molecule is CC(C)(C)Nc1ncccn1. The Balaban J connectivity index is 2.66. The van der Waals surface area contributed by atoms with Crippen molar-refractivity contribution in [1.29, 1.82) is 0 Å². The Labute approximate surface area is 66.9 Å². The molecule has 1 aromatic heterocycles. The molecule has 0 aromatic carbocycles. The van der Waals surface area contributed by atoms with Crippen LogP contribution in [0.2, 0.25) is 0 Å².